The number of imide groups is 1. The maximum absolute atomic E-state index is 12.9. The van der Waals surface area contributed by atoms with Gasteiger partial charge in [-0.15, -0.1) is 0 Å². The van der Waals surface area contributed by atoms with E-state index in [1.807, 2.05) is 29.2 Å². The molecule has 134 valence electrons. The fourth-order valence-electron chi connectivity index (χ4n) is 3.91. The molecule has 25 heavy (non-hydrogen) atoms. The van der Waals surface area contributed by atoms with Crippen molar-refractivity contribution < 1.29 is 14.4 Å². The maximum atomic E-state index is 12.9. The number of amides is 3. The lowest BCUT2D eigenvalue weighted by atomic mass is 9.92. The summed E-state index contributed by atoms with van der Waals surface area (Å²) in [4.78, 5) is 37.9. The minimum absolute atomic E-state index is 0.0961. The second kappa shape index (κ2) is 7.38. The standard InChI is InChI=1S/C20H26N2O3/c1-13(2)17-5-3-4-10-22(17)20(25)15-8-6-14(7-9-15)11-16-12-18(23)21-19(16)24/h6-9,13,16-17H,3-5,10-12H2,1-2H3,(H,21,23,24). The molecule has 3 rings (SSSR count). The summed E-state index contributed by atoms with van der Waals surface area (Å²) in [6.07, 6.45) is 4.12. The number of nitrogens with one attached hydrogen (secondary N) is 1. The molecule has 2 aliphatic heterocycles. The average molecular weight is 342 g/mol. The quantitative estimate of drug-likeness (QED) is 0.855. The first-order chi connectivity index (χ1) is 12.0. The number of rotatable bonds is 4. The van der Waals surface area contributed by atoms with Gasteiger partial charge < -0.3 is 4.90 Å². The predicted octanol–water partition coefficient (Wildman–Crippen LogP) is 2.54. The molecule has 0 aromatic heterocycles. The van der Waals surface area contributed by atoms with Crippen LogP contribution >= 0.6 is 0 Å². The lowest BCUT2D eigenvalue weighted by Gasteiger charge is -2.38. The number of nitrogens with zero attached hydrogens (tertiary/aromatic N) is 1. The number of piperidine rings is 1. The van der Waals surface area contributed by atoms with Gasteiger partial charge in [-0.05, 0) is 49.3 Å². The third-order valence-corrected chi connectivity index (χ3v) is 5.33. The van der Waals surface area contributed by atoms with E-state index in [2.05, 4.69) is 19.2 Å². The minimum Gasteiger partial charge on any atom is -0.335 e. The second-order valence-corrected chi connectivity index (χ2v) is 7.52. The number of hydrogen-bond acceptors (Lipinski definition) is 3. The molecule has 0 aliphatic carbocycles. The number of hydrogen-bond donors (Lipinski definition) is 1. The third kappa shape index (κ3) is 3.91. The Balaban J connectivity index is 1.68. The van der Waals surface area contributed by atoms with Gasteiger partial charge >= 0.3 is 0 Å². The van der Waals surface area contributed by atoms with Gasteiger partial charge in [0.25, 0.3) is 5.91 Å². The predicted molar refractivity (Wildman–Crippen MR) is 94.9 cm³/mol. The fraction of sp³-hybridized carbons (Fsp3) is 0.550. The summed E-state index contributed by atoms with van der Waals surface area (Å²) in [5, 5.41) is 2.34. The Bertz CT molecular complexity index is 666. The summed E-state index contributed by atoms with van der Waals surface area (Å²) in [5.41, 5.74) is 1.67. The zero-order chi connectivity index (χ0) is 18.0. The van der Waals surface area contributed by atoms with E-state index in [0.29, 0.717) is 23.9 Å². The summed E-state index contributed by atoms with van der Waals surface area (Å²) in [5.74, 6) is -0.132. The molecule has 2 heterocycles. The van der Waals surface area contributed by atoms with Gasteiger partial charge in [-0.2, -0.15) is 0 Å². The Morgan fingerprint density at radius 2 is 1.92 bits per heavy atom. The number of carbonyl (C=O) groups is 3. The lowest BCUT2D eigenvalue weighted by Crippen LogP contribution is -2.46. The summed E-state index contributed by atoms with van der Waals surface area (Å²) in [6.45, 7) is 5.17. The van der Waals surface area contributed by atoms with Crippen LogP contribution in [0.15, 0.2) is 24.3 Å². The molecule has 5 heteroatoms. The van der Waals surface area contributed by atoms with Crippen molar-refractivity contribution >= 4 is 17.7 Å². The molecule has 0 spiro atoms. The molecule has 3 amide bonds. The van der Waals surface area contributed by atoms with Crippen molar-refractivity contribution in [1.29, 1.82) is 0 Å². The number of carbonyl (C=O) groups excluding carboxylic acids is 3. The molecule has 1 aromatic rings. The van der Waals surface area contributed by atoms with Crippen molar-refractivity contribution in [2.45, 2.75) is 52.0 Å². The molecule has 0 bridgehead atoms. The molecule has 2 aliphatic rings. The van der Waals surface area contributed by atoms with Gasteiger partial charge in [0.1, 0.15) is 0 Å². The third-order valence-electron chi connectivity index (χ3n) is 5.33. The molecule has 1 aromatic carbocycles. The highest BCUT2D eigenvalue weighted by molar-refractivity contribution is 6.03. The Morgan fingerprint density at radius 1 is 1.20 bits per heavy atom. The summed E-state index contributed by atoms with van der Waals surface area (Å²) in [6, 6.07) is 7.81. The van der Waals surface area contributed by atoms with Crippen molar-refractivity contribution in [2.75, 3.05) is 6.54 Å². The van der Waals surface area contributed by atoms with Crippen molar-refractivity contribution in [3.63, 3.8) is 0 Å². The fourth-order valence-corrected chi connectivity index (χ4v) is 3.91. The maximum Gasteiger partial charge on any atom is 0.254 e. The van der Waals surface area contributed by atoms with Crippen molar-refractivity contribution in [1.82, 2.24) is 10.2 Å². The Hall–Kier alpha value is -2.17. The monoisotopic (exact) mass is 342 g/mol. The normalized spacial score (nSPS) is 23.9. The highest BCUT2D eigenvalue weighted by Gasteiger charge is 2.31. The lowest BCUT2D eigenvalue weighted by molar-refractivity contribution is -0.125. The zero-order valence-corrected chi connectivity index (χ0v) is 15.0. The summed E-state index contributed by atoms with van der Waals surface area (Å²) in [7, 11) is 0. The largest absolute Gasteiger partial charge is 0.335 e. The smallest absolute Gasteiger partial charge is 0.254 e. The van der Waals surface area contributed by atoms with Crippen LogP contribution in [0.25, 0.3) is 0 Å². The van der Waals surface area contributed by atoms with Crippen LogP contribution in [0.1, 0.15) is 55.5 Å². The van der Waals surface area contributed by atoms with Crippen molar-refractivity contribution in [2.24, 2.45) is 11.8 Å². The molecule has 1 N–H and O–H groups in total. The van der Waals surface area contributed by atoms with E-state index < -0.39 is 0 Å². The molecule has 5 nitrogen and oxygen atoms in total. The van der Waals surface area contributed by atoms with E-state index in [0.717, 1.165) is 24.9 Å². The van der Waals surface area contributed by atoms with Crippen LogP contribution in [0.3, 0.4) is 0 Å². The van der Waals surface area contributed by atoms with Crippen LogP contribution in [-0.2, 0) is 16.0 Å². The van der Waals surface area contributed by atoms with Gasteiger partial charge in [0.05, 0.1) is 5.92 Å². The minimum atomic E-state index is -0.290. The first-order valence-corrected chi connectivity index (χ1v) is 9.19. The zero-order valence-electron chi connectivity index (χ0n) is 15.0. The Labute approximate surface area is 148 Å². The molecule has 2 saturated heterocycles. The van der Waals surface area contributed by atoms with Gasteiger partial charge in [0, 0.05) is 24.6 Å². The van der Waals surface area contributed by atoms with E-state index in [4.69, 9.17) is 0 Å². The van der Waals surface area contributed by atoms with E-state index in [1.54, 1.807) is 0 Å². The number of likely N-dealkylation sites (tertiary alicyclic amines) is 1. The van der Waals surface area contributed by atoms with Crippen LogP contribution in [0, 0.1) is 11.8 Å². The van der Waals surface area contributed by atoms with E-state index >= 15 is 0 Å². The van der Waals surface area contributed by atoms with Crippen molar-refractivity contribution in [3.8, 4) is 0 Å². The SMILES string of the molecule is CC(C)C1CCCCN1C(=O)c1ccc(CC2CC(=O)NC2=O)cc1. The van der Waals surface area contributed by atoms with Crippen LogP contribution in [0.5, 0.6) is 0 Å². The van der Waals surface area contributed by atoms with Crippen LogP contribution in [0.4, 0.5) is 0 Å². The molecule has 2 unspecified atom stereocenters. The Morgan fingerprint density at radius 3 is 2.52 bits per heavy atom. The summed E-state index contributed by atoms with van der Waals surface area (Å²) >= 11 is 0. The molecular weight excluding hydrogens is 316 g/mol. The topological polar surface area (TPSA) is 66.5 Å². The molecule has 0 saturated carbocycles. The molecule has 0 radical (unpaired) electrons. The molecule has 2 atom stereocenters. The van der Waals surface area contributed by atoms with Gasteiger partial charge in [-0.1, -0.05) is 26.0 Å². The van der Waals surface area contributed by atoms with Crippen LogP contribution < -0.4 is 5.32 Å². The van der Waals surface area contributed by atoms with E-state index in [1.165, 1.54) is 6.42 Å². The summed E-state index contributed by atoms with van der Waals surface area (Å²) < 4.78 is 0. The number of benzene rings is 1. The highest BCUT2D eigenvalue weighted by atomic mass is 16.2. The molecular formula is C20H26N2O3. The van der Waals surface area contributed by atoms with Gasteiger partial charge in [-0.25, -0.2) is 0 Å². The van der Waals surface area contributed by atoms with Crippen molar-refractivity contribution in [3.05, 3.63) is 35.4 Å². The Kier molecular flexibility index (Phi) is 5.21. The van der Waals surface area contributed by atoms with E-state index in [9.17, 15) is 14.4 Å². The van der Waals surface area contributed by atoms with E-state index in [-0.39, 0.29) is 30.1 Å². The second-order valence-electron chi connectivity index (χ2n) is 7.52. The van der Waals surface area contributed by atoms with Gasteiger partial charge in [0.15, 0.2) is 0 Å². The first-order valence-electron chi connectivity index (χ1n) is 9.19. The average Bonchev–Trinajstić information content (AvgIpc) is 2.92. The van der Waals surface area contributed by atoms with Crippen LogP contribution in [-0.4, -0.2) is 35.2 Å². The first kappa shape index (κ1) is 17.6. The van der Waals surface area contributed by atoms with Gasteiger partial charge in [0.2, 0.25) is 11.8 Å². The van der Waals surface area contributed by atoms with Crippen LogP contribution in [0.2, 0.25) is 0 Å². The highest BCUT2D eigenvalue weighted by Crippen LogP contribution is 2.25. The van der Waals surface area contributed by atoms with Gasteiger partial charge in [-0.3, -0.25) is 19.7 Å². The molecule has 2 fully saturated rings.